The van der Waals surface area contributed by atoms with Gasteiger partial charge in [-0.2, -0.15) is 0 Å². The second-order valence-electron chi connectivity index (χ2n) is 5.41. The summed E-state index contributed by atoms with van der Waals surface area (Å²) in [6, 6.07) is 0. The van der Waals surface area contributed by atoms with E-state index in [1.165, 1.54) is 0 Å². The molecule has 1 aliphatic rings. The maximum Gasteiger partial charge on any atom is 0.529 e. The van der Waals surface area contributed by atoms with Crippen LogP contribution in [0, 0.1) is 5.92 Å². The van der Waals surface area contributed by atoms with E-state index >= 15 is 0 Å². The molecule has 0 aromatic heterocycles. The number of hydrogen-bond donors (Lipinski definition) is 0. The molecule has 134 valence electrons. The van der Waals surface area contributed by atoms with Crippen molar-refractivity contribution in [2.45, 2.75) is 39.4 Å². The van der Waals surface area contributed by atoms with E-state index in [1.807, 2.05) is 58.9 Å². The fourth-order valence-corrected chi connectivity index (χ4v) is 7.42. The summed E-state index contributed by atoms with van der Waals surface area (Å²) in [4.78, 5) is 0. The molecule has 23 heavy (non-hydrogen) atoms. The van der Waals surface area contributed by atoms with E-state index in [0.29, 0.717) is 19.8 Å². The van der Waals surface area contributed by atoms with Crippen molar-refractivity contribution in [3.8, 4) is 0 Å². The van der Waals surface area contributed by atoms with Gasteiger partial charge in [0.1, 0.15) is 6.23 Å². The highest BCUT2D eigenvalue weighted by Gasteiger charge is 2.46. The summed E-state index contributed by atoms with van der Waals surface area (Å²) in [5, 5.41) is 0. The van der Waals surface area contributed by atoms with Crippen molar-refractivity contribution in [3.05, 3.63) is 24.3 Å². The van der Waals surface area contributed by atoms with E-state index in [1.54, 1.807) is 0 Å². The molecule has 1 rings (SSSR count). The van der Waals surface area contributed by atoms with Crippen molar-refractivity contribution in [2.75, 3.05) is 26.1 Å². The van der Waals surface area contributed by atoms with E-state index in [4.69, 9.17) is 28.6 Å². The van der Waals surface area contributed by atoms with E-state index in [0.717, 1.165) is 0 Å². The smallest absolute Gasteiger partial charge is 0.372 e. The zero-order valence-corrected chi connectivity index (χ0v) is 17.2. The SMILES string of the molecule is CCO[Si](COS(=O)(=S)C1(C)C=CC=CC1C)(OCC)OCC. The van der Waals surface area contributed by atoms with Gasteiger partial charge in [-0.05, 0) is 33.6 Å². The molecule has 1 aliphatic carbocycles. The Morgan fingerprint density at radius 1 is 1.13 bits per heavy atom. The Hall–Kier alpha value is -0.0931. The van der Waals surface area contributed by atoms with Gasteiger partial charge in [-0.1, -0.05) is 31.2 Å². The third-order valence-electron chi connectivity index (χ3n) is 3.86. The van der Waals surface area contributed by atoms with Crippen LogP contribution in [0.1, 0.15) is 34.6 Å². The van der Waals surface area contributed by atoms with Crippen LogP contribution in [0.4, 0.5) is 0 Å². The summed E-state index contributed by atoms with van der Waals surface area (Å²) in [5.74, 6) is 0.0137. The summed E-state index contributed by atoms with van der Waals surface area (Å²) in [6.45, 7) is 10.7. The molecular weight excluding hydrogens is 352 g/mol. The first-order chi connectivity index (χ1) is 10.8. The summed E-state index contributed by atoms with van der Waals surface area (Å²) in [6.07, 6.45) is 7.61. The predicted molar refractivity (Wildman–Crippen MR) is 97.9 cm³/mol. The van der Waals surface area contributed by atoms with Crippen molar-refractivity contribution in [1.82, 2.24) is 0 Å². The topological polar surface area (TPSA) is 54.0 Å². The minimum Gasteiger partial charge on any atom is -0.372 e. The largest absolute Gasteiger partial charge is 0.529 e. The van der Waals surface area contributed by atoms with Gasteiger partial charge in [0.2, 0.25) is 0 Å². The van der Waals surface area contributed by atoms with Crippen molar-refractivity contribution < 1.29 is 21.7 Å². The van der Waals surface area contributed by atoms with Crippen molar-refractivity contribution >= 4 is 28.8 Å². The van der Waals surface area contributed by atoms with Gasteiger partial charge in [-0.25, -0.2) is 4.21 Å². The molecule has 0 bridgehead atoms. The summed E-state index contributed by atoms with van der Waals surface area (Å²) < 4.78 is 35.2. The Morgan fingerprint density at radius 3 is 2.09 bits per heavy atom. The standard InChI is InChI=1S/C15H28O5S2Si/c1-6-18-23(19-7-2,20-8-3)13-17-22(16,21)15(5)12-10-9-11-14(15)4/h9-12,14H,6-8,13H2,1-5H3. The first-order valence-electron chi connectivity index (χ1n) is 7.93. The van der Waals surface area contributed by atoms with Gasteiger partial charge in [0.05, 0.1) is 4.75 Å². The lowest BCUT2D eigenvalue weighted by Gasteiger charge is -2.35. The monoisotopic (exact) mass is 380 g/mol. The quantitative estimate of drug-likeness (QED) is 0.543. The van der Waals surface area contributed by atoms with Crippen LogP contribution in [0.15, 0.2) is 24.3 Å². The zero-order chi connectivity index (χ0) is 17.6. The Bertz CT molecular complexity index is 515. The van der Waals surface area contributed by atoms with Crippen LogP contribution in [-0.2, 0) is 37.4 Å². The van der Waals surface area contributed by atoms with E-state index in [-0.39, 0.29) is 12.1 Å². The Kier molecular flexibility index (Phi) is 8.05. The molecule has 0 heterocycles. The van der Waals surface area contributed by atoms with E-state index < -0.39 is 22.3 Å². The number of hydrogen-bond acceptors (Lipinski definition) is 6. The number of rotatable bonds is 10. The van der Waals surface area contributed by atoms with Crippen LogP contribution < -0.4 is 0 Å². The van der Waals surface area contributed by atoms with Gasteiger partial charge in [0.15, 0.2) is 8.77 Å². The molecule has 0 spiro atoms. The maximum atomic E-state index is 13.1. The Morgan fingerprint density at radius 2 is 1.65 bits per heavy atom. The van der Waals surface area contributed by atoms with Gasteiger partial charge < -0.3 is 13.3 Å². The Balaban J connectivity index is 2.94. The zero-order valence-electron chi connectivity index (χ0n) is 14.6. The molecule has 0 saturated carbocycles. The highest BCUT2D eigenvalue weighted by molar-refractivity contribution is 8.31. The lowest BCUT2D eigenvalue weighted by atomic mass is 9.91. The van der Waals surface area contributed by atoms with Crippen LogP contribution in [0.2, 0.25) is 0 Å². The number of allylic oxidation sites excluding steroid dienone is 3. The minimum absolute atomic E-state index is 0.00921. The fourth-order valence-electron chi connectivity index (χ4n) is 2.32. The molecule has 3 atom stereocenters. The average Bonchev–Trinajstić information content (AvgIpc) is 2.49. The fraction of sp³-hybridized carbons (Fsp3) is 0.733. The van der Waals surface area contributed by atoms with Crippen LogP contribution in [0.3, 0.4) is 0 Å². The lowest BCUT2D eigenvalue weighted by Crippen LogP contribution is -2.53. The molecule has 0 N–H and O–H groups in total. The summed E-state index contributed by atoms with van der Waals surface area (Å²) in [5.41, 5.74) is 0. The van der Waals surface area contributed by atoms with Crippen LogP contribution in [0.25, 0.3) is 0 Å². The molecule has 0 aromatic carbocycles. The highest BCUT2D eigenvalue weighted by Crippen LogP contribution is 2.34. The molecular formula is C15H28O5S2Si. The van der Waals surface area contributed by atoms with Crippen LogP contribution >= 0.6 is 0 Å². The van der Waals surface area contributed by atoms with Gasteiger partial charge in [0.25, 0.3) is 0 Å². The molecule has 0 amide bonds. The maximum absolute atomic E-state index is 13.1. The summed E-state index contributed by atoms with van der Waals surface area (Å²) >= 11 is 5.35. The molecule has 0 fully saturated rings. The van der Waals surface area contributed by atoms with Gasteiger partial charge in [0, 0.05) is 31.0 Å². The van der Waals surface area contributed by atoms with Crippen LogP contribution in [-0.4, -0.2) is 43.8 Å². The second-order valence-corrected chi connectivity index (χ2v) is 11.3. The van der Waals surface area contributed by atoms with Crippen LogP contribution in [0.5, 0.6) is 0 Å². The van der Waals surface area contributed by atoms with Crippen molar-refractivity contribution in [1.29, 1.82) is 0 Å². The molecule has 0 radical (unpaired) electrons. The van der Waals surface area contributed by atoms with Crippen molar-refractivity contribution in [3.63, 3.8) is 0 Å². The van der Waals surface area contributed by atoms with Crippen molar-refractivity contribution in [2.24, 2.45) is 5.92 Å². The average molecular weight is 381 g/mol. The first-order valence-corrected chi connectivity index (χ1v) is 12.3. The van der Waals surface area contributed by atoms with E-state index in [9.17, 15) is 4.21 Å². The highest BCUT2D eigenvalue weighted by atomic mass is 32.8. The molecule has 8 heteroatoms. The molecule has 0 aromatic rings. The molecule has 0 aliphatic heterocycles. The molecule has 0 saturated heterocycles. The lowest BCUT2D eigenvalue weighted by molar-refractivity contribution is 0.0554. The first kappa shape index (κ1) is 21.0. The van der Waals surface area contributed by atoms with Gasteiger partial charge >= 0.3 is 8.80 Å². The molecule has 3 unspecified atom stereocenters. The third kappa shape index (κ3) is 4.94. The Labute approximate surface area is 146 Å². The van der Waals surface area contributed by atoms with Gasteiger partial charge in [-0.3, -0.25) is 4.18 Å². The third-order valence-corrected chi connectivity index (χ3v) is 10.1. The summed E-state index contributed by atoms with van der Waals surface area (Å²) in [7, 11) is -6.06. The molecule has 5 nitrogen and oxygen atoms in total. The normalized spacial score (nSPS) is 27.1. The minimum atomic E-state index is -3.03. The predicted octanol–water partition coefficient (Wildman–Crippen LogP) is 2.77. The van der Waals surface area contributed by atoms with E-state index in [2.05, 4.69) is 0 Å². The second kappa shape index (κ2) is 8.84. The van der Waals surface area contributed by atoms with Gasteiger partial charge in [-0.15, -0.1) is 0 Å².